The monoisotopic (exact) mass is 400 g/mol. The second kappa shape index (κ2) is 7.21. The molecule has 5 aliphatic rings. The van der Waals surface area contributed by atoms with Crippen LogP contribution in [-0.2, 0) is 5.54 Å². The molecule has 1 N–H and O–H groups in total. The minimum Gasteiger partial charge on any atom is -0.405 e. The molecule has 2 heterocycles. The van der Waals surface area contributed by atoms with E-state index < -0.39 is 0 Å². The summed E-state index contributed by atoms with van der Waals surface area (Å²) in [5.74, 6) is 4.67. The molecule has 4 bridgehead atoms. The highest BCUT2D eigenvalue weighted by Gasteiger charge is 2.48. The van der Waals surface area contributed by atoms with E-state index in [4.69, 9.17) is 4.74 Å². The van der Waals surface area contributed by atoms with Crippen molar-refractivity contribution in [1.29, 1.82) is 0 Å². The number of rotatable bonds is 3. The minimum atomic E-state index is -0.297. The Hall–Kier alpha value is -1.72. The smallest absolute Gasteiger partial charge is 0.405 e. The number of hydrogen-bond acceptors (Lipinski definition) is 4. The van der Waals surface area contributed by atoms with Gasteiger partial charge in [-0.3, -0.25) is 0 Å². The summed E-state index contributed by atoms with van der Waals surface area (Å²) in [6, 6.07) is 0.298. The molecule has 0 aromatic carbocycles. The van der Waals surface area contributed by atoms with Crippen LogP contribution < -0.4 is 15.0 Å². The van der Waals surface area contributed by atoms with Gasteiger partial charge in [0, 0.05) is 19.1 Å². The van der Waals surface area contributed by atoms with E-state index in [1.807, 2.05) is 4.68 Å². The lowest BCUT2D eigenvalue weighted by Gasteiger charge is -2.54. The number of carbonyl (C=O) groups is 1. The summed E-state index contributed by atoms with van der Waals surface area (Å²) in [5.41, 5.74) is -0.160. The average Bonchev–Trinajstić information content (AvgIpc) is 3.09. The number of aromatic nitrogens is 2. The Kier molecular flexibility index (Phi) is 4.78. The lowest BCUT2D eigenvalue weighted by molar-refractivity contribution is -0.0114. The van der Waals surface area contributed by atoms with Gasteiger partial charge in [0.15, 0.2) is 11.6 Å². The van der Waals surface area contributed by atoms with Crippen molar-refractivity contribution in [2.24, 2.45) is 23.7 Å². The van der Waals surface area contributed by atoms with E-state index in [1.54, 1.807) is 6.20 Å². The highest BCUT2D eigenvalue weighted by Crippen LogP contribution is 2.53. The van der Waals surface area contributed by atoms with Crippen molar-refractivity contribution in [2.45, 2.75) is 83.7 Å². The molecule has 1 aliphatic heterocycles. The summed E-state index contributed by atoms with van der Waals surface area (Å²) in [4.78, 5) is 15.3. The zero-order valence-corrected chi connectivity index (χ0v) is 18.2. The highest BCUT2D eigenvalue weighted by atomic mass is 16.6. The van der Waals surface area contributed by atoms with Crippen LogP contribution in [0.25, 0.3) is 0 Å². The third-order valence-electron chi connectivity index (χ3n) is 7.72. The van der Waals surface area contributed by atoms with E-state index in [-0.39, 0.29) is 11.6 Å². The number of carbonyl (C=O) groups excluding carboxylic acids is 1. The van der Waals surface area contributed by atoms with Gasteiger partial charge in [-0.1, -0.05) is 0 Å². The summed E-state index contributed by atoms with van der Waals surface area (Å²) in [7, 11) is 0. The first-order valence-corrected chi connectivity index (χ1v) is 11.7. The highest BCUT2D eigenvalue weighted by molar-refractivity contribution is 5.73. The van der Waals surface area contributed by atoms with Gasteiger partial charge in [0.05, 0.1) is 11.7 Å². The van der Waals surface area contributed by atoms with Crippen molar-refractivity contribution in [2.75, 3.05) is 18.0 Å². The number of piperidine rings is 1. The Balaban J connectivity index is 1.32. The molecule has 1 aromatic heterocycles. The molecule has 1 saturated heterocycles. The van der Waals surface area contributed by atoms with Crippen molar-refractivity contribution in [3.05, 3.63) is 6.20 Å². The molecule has 1 amide bonds. The lowest BCUT2D eigenvalue weighted by Crippen LogP contribution is -2.56. The van der Waals surface area contributed by atoms with Gasteiger partial charge in [0.25, 0.3) is 0 Å². The van der Waals surface area contributed by atoms with Gasteiger partial charge in [0.1, 0.15) is 0 Å². The van der Waals surface area contributed by atoms with Crippen LogP contribution >= 0.6 is 0 Å². The van der Waals surface area contributed by atoms with Gasteiger partial charge >= 0.3 is 6.09 Å². The molecule has 0 radical (unpaired) electrons. The maximum Gasteiger partial charge on any atom is 0.413 e. The van der Waals surface area contributed by atoms with E-state index >= 15 is 0 Å². The van der Waals surface area contributed by atoms with Gasteiger partial charge in [-0.05, 0) is 95.8 Å². The Morgan fingerprint density at radius 3 is 2.24 bits per heavy atom. The second-order valence-electron chi connectivity index (χ2n) is 11.0. The van der Waals surface area contributed by atoms with Crippen molar-refractivity contribution in [3.63, 3.8) is 0 Å². The van der Waals surface area contributed by atoms with Crippen LogP contribution in [0.2, 0.25) is 0 Å². The van der Waals surface area contributed by atoms with E-state index in [0.29, 0.717) is 23.6 Å². The summed E-state index contributed by atoms with van der Waals surface area (Å²) < 4.78 is 7.92. The van der Waals surface area contributed by atoms with Gasteiger partial charge in [-0.15, -0.1) is 0 Å². The van der Waals surface area contributed by atoms with Crippen LogP contribution in [0.5, 0.6) is 5.75 Å². The standard InChI is InChI=1S/C23H36N4O2/c1-23(2,3)27-21(26-7-5-4-6-8-26)19(14-24-27)29-22(28)25-20-17-10-15-9-16(12-17)13-18(20)11-15/h14-18,20H,4-13H2,1-3H3,(H,25,28). The fourth-order valence-electron chi connectivity index (χ4n) is 6.71. The quantitative estimate of drug-likeness (QED) is 0.809. The van der Waals surface area contributed by atoms with Crippen LogP contribution in [0.15, 0.2) is 6.20 Å². The largest absolute Gasteiger partial charge is 0.413 e. The molecule has 6 nitrogen and oxygen atoms in total. The molecule has 6 heteroatoms. The Morgan fingerprint density at radius 1 is 1.03 bits per heavy atom. The molecule has 4 aliphatic carbocycles. The number of ether oxygens (including phenoxy) is 1. The molecule has 5 fully saturated rings. The van der Waals surface area contributed by atoms with Crippen molar-refractivity contribution < 1.29 is 9.53 Å². The van der Waals surface area contributed by atoms with Crippen LogP contribution in [0.1, 0.15) is 72.1 Å². The maximum atomic E-state index is 12.9. The fraction of sp³-hybridized carbons (Fsp3) is 0.826. The van der Waals surface area contributed by atoms with E-state index in [2.05, 4.69) is 36.1 Å². The molecular formula is C23H36N4O2. The number of hydrogen-bond donors (Lipinski definition) is 1. The zero-order chi connectivity index (χ0) is 20.2. The van der Waals surface area contributed by atoms with Gasteiger partial charge in [-0.2, -0.15) is 5.10 Å². The van der Waals surface area contributed by atoms with Crippen molar-refractivity contribution in [3.8, 4) is 5.75 Å². The molecule has 4 saturated carbocycles. The number of nitrogens with one attached hydrogen (secondary N) is 1. The molecule has 0 unspecified atom stereocenters. The summed E-state index contributed by atoms with van der Waals surface area (Å²) >= 11 is 0. The third kappa shape index (κ3) is 3.64. The number of nitrogens with zero attached hydrogens (tertiary/aromatic N) is 3. The Bertz CT molecular complexity index is 731. The first-order valence-electron chi connectivity index (χ1n) is 11.7. The van der Waals surface area contributed by atoms with Gasteiger partial charge < -0.3 is 15.0 Å². The first-order chi connectivity index (χ1) is 13.9. The Morgan fingerprint density at radius 2 is 1.66 bits per heavy atom. The second-order valence-corrected chi connectivity index (χ2v) is 11.0. The Labute approximate surface area is 174 Å². The molecule has 0 spiro atoms. The molecule has 1 aromatic rings. The maximum absolute atomic E-state index is 12.9. The molecule has 0 atom stereocenters. The van der Waals surface area contributed by atoms with Crippen LogP contribution in [0.3, 0.4) is 0 Å². The van der Waals surface area contributed by atoms with Crippen LogP contribution in [-0.4, -0.2) is 35.0 Å². The first kappa shape index (κ1) is 19.3. The van der Waals surface area contributed by atoms with E-state index in [1.165, 1.54) is 51.4 Å². The van der Waals surface area contributed by atoms with Crippen molar-refractivity contribution >= 4 is 11.9 Å². The summed E-state index contributed by atoms with van der Waals surface area (Å²) in [5, 5.41) is 7.88. The van der Waals surface area contributed by atoms with Gasteiger partial charge in [-0.25, -0.2) is 9.48 Å². The number of amides is 1. The average molecular weight is 401 g/mol. The predicted molar refractivity (Wildman–Crippen MR) is 113 cm³/mol. The number of anilines is 1. The topological polar surface area (TPSA) is 59.4 Å². The fourth-order valence-corrected chi connectivity index (χ4v) is 6.71. The molecule has 29 heavy (non-hydrogen) atoms. The van der Waals surface area contributed by atoms with E-state index in [9.17, 15) is 4.79 Å². The SMILES string of the molecule is CC(C)(C)n1ncc(OC(=O)NC2C3CC4CC(C3)CC2C4)c1N1CCCCC1. The predicted octanol–water partition coefficient (Wildman–Crippen LogP) is 4.54. The molecule has 6 rings (SSSR count). The lowest BCUT2D eigenvalue weighted by atomic mass is 9.54. The van der Waals surface area contributed by atoms with E-state index in [0.717, 1.165) is 30.7 Å². The molecule has 160 valence electrons. The molecular weight excluding hydrogens is 364 g/mol. The summed E-state index contributed by atoms with van der Waals surface area (Å²) in [6.07, 6.45) is 11.6. The van der Waals surface area contributed by atoms with Crippen molar-refractivity contribution in [1.82, 2.24) is 15.1 Å². The van der Waals surface area contributed by atoms with Crippen LogP contribution in [0.4, 0.5) is 10.6 Å². The normalized spacial score (nSPS) is 33.8. The minimum absolute atomic E-state index is 0.160. The zero-order valence-electron chi connectivity index (χ0n) is 18.2. The third-order valence-corrected chi connectivity index (χ3v) is 7.72. The van der Waals surface area contributed by atoms with Gasteiger partial charge in [0.2, 0.25) is 0 Å². The van der Waals surface area contributed by atoms with Crippen LogP contribution in [0, 0.1) is 23.7 Å². The summed E-state index contributed by atoms with van der Waals surface area (Å²) in [6.45, 7) is 8.42.